The van der Waals surface area contributed by atoms with Crippen molar-refractivity contribution >= 4 is 10.9 Å². The minimum absolute atomic E-state index is 0.705. The molecule has 0 bridgehead atoms. The summed E-state index contributed by atoms with van der Waals surface area (Å²) in [6.45, 7) is 4.70. The molecule has 2 aromatic heterocycles. The van der Waals surface area contributed by atoms with Crippen LogP contribution in [0.1, 0.15) is 30.7 Å². The summed E-state index contributed by atoms with van der Waals surface area (Å²) in [7, 11) is 0. The number of rotatable bonds is 5. The molecule has 4 rings (SSSR count). The van der Waals surface area contributed by atoms with Crippen molar-refractivity contribution in [3.05, 3.63) is 54.7 Å². The summed E-state index contributed by atoms with van der Waals surface area (Å²) in [5, 5.41) is 1.41. The maximum absolute atomic E-state index is 4.10. The van der Waals surface area contributed by atoms with Crippen LogP contribution in [0.15, 0.2) is 49.2 Å². The fraction of sp³-hybridized carbons (Fsp3) is 0.421. The second-order valence-corrected chi connectivity index (χ2v) is 6.56. The van der Waals surface area contributed by atoms with E-state index in [-0.39, 0.29) is 0 Å². The van der Waals surface area contributed by atoms with Gasteiger partial charge in [-0.15, -0.1) is 0 Å². The topological polar surface area (TPSA) is 36.9 Å². The highest BCUT2D eigenvalue weighted by molar-refractivity contribution is 5.83. The van der Waals surface area contributed by atoms with E-state index in [1.807, 2.05) is 18.7 Å². The molecule has 0 radical (unpaired) electrons. The van der Waals surface area contributed by atoms with Crippen LogP contribution in [0.5, 0.6) is 0 Å². The van der Waals surface area contributed by atoms with Gasteiger partial charge in [0.1, 0.15) is 0 Å². The van der Waals surface area contributed by atoms with Crippen molar-refractivity contribution in [3.8, 4) is 0 Å². The van der Waals surface area contributed by atoms with Crippen molar-refractivity contribution in [1.82, 2.24) is 19.4 Å². The second kappa shape index (κ2) is 6.59. The van der Waals surface area contributed by atoms with Gasteiger partial charge in [-0.25, -0.2) is 4.98 Å². The van der Waals surface area contributed by atoms with Crippen LogP contribution in [0, 0.1) is 0 Å². The molecule has 0 saturated carbocycles. The Morgan fingerprint density at radius 3 is 2.83 bits per heavy atom. The minimum Gasteiger partial charge on any atom is -0.361 e. The number of fused-ring (bicyclic) bond motifs is 1. The van der Waals surface area contributed by atoms with E-state index in [1.54, 1.807) is 0 Å². The molecule has 1 N–H and O–H groups in total. The summed E-state index contributed by atoms with van der Waals surface area (Å²) in [5.74, 6) is 0.705. The normalized spacial score (nSPS) is 17.0. The molecule has 3 heterocycles. The van der Waals surface area contributed by atoms with Crippen molar-refractivity contribution in [2.24, 2.45) is 0 Å². The summed E-state index contributed by atoms with van der Waals surface area (Å²) >= 11 is 0. The number of para-hydroxylation sites is 1. The number of aromatic amines is 1. The number of aryl methyl sites for hydroxylation is 1. The Morgan fingerprint density at radius 2 is 2.00 bits per heavy atom. The van der Waals surface area contributed by atoms with Crippen LogP contribution < -0.4 is 0 Å². The summed E-state index contributed by atoms with van der Waals surface area (Å²) in [5.41, 5.74) is 2.78. The van der Waals surface area contributed by atoms with E-state index in [9.17, 15) is 0 Å². The lowest BCUT2D eigenvalue weighted by Crippen LogP contribution is -2.34. The smallest absolute Gasteiger partial charge is 0.0945 e. The largest absolute Gasteiger partial charge is 0.361 e. The Kier molecular flexibility index (Phi) is 4.16. The SMILES string of the molecule is c1ccc2c(C3CCN(CCCn4ccnc4)CC3)c[nH]c2c1. The molecule has 1 aromatic carbocycles. The van der Waals surface area contributed by atoms with E-state index >= 15 is 0 Å². The number of H-pyrrole nitrogens is 1. The standard InChI is InChI=1S/C19H24N4/c1-2-5-19-17(4-1)18(14-21-19)16-6-11-22(12-7-16)9-3-10-23-13-8-20-15-23/h1-2,4-5,8,13-16,21H,3,6-7,9-12H2. The maximum atomic E-state index is 4.10. The average Bonchev–Trinajstić information content (AvgIpc) is 3.25. The van der Waals surface area contributed by atoms with Crippen LogP contribution in [0.25, 0.3) is 10.9 Å². The van der Waals surface area contributed by atoms with Gasteiger partial charge >= 0.3 is 0 Å². The lowest BCUT2D eigenvalue weighted by atomic mass is 9.89. The number of likely N-dealkylation sites (tertiary alicyclic amines) is 1. The third kappa shape index (κ3) is 3.17. The lowest BCUT2D eigenvalue weighted by molar-refractivity contribution is 0.207. The molecule has 0 unspecified atom stereocenters. The van der Waals surface area contributed by atoms with E-state index in [2.05, 4.69) is 49.9 Å². The van der Waals surface area contributed by atoms with E-state index < -0.39 is 0 Å². The van der Waals surface area contributed by atoms with E-state index in [4.69, 9.17) is 0 Å². The van der Waals surface area contributed by atoms with Crippen LogP contribution in [0.3, 0.4) is 0 Å². The summed E-state index contributed by atoms with van der Waals surface area (Å²) in [6, 6.07) is 8.67. The molecule has 1 saturated heterocycles. The van der Waals surface area contributed by atoms with Crippen molar-refractivity contribution in [1.29, 1.82) is 0 Å². The van der Waals surface area contributed by atoms with E-state index in [1.165, 1.54) is 55.4 Å². The number of hydrogen-bond acceptors (Lipinski definition) is 2. The van der Waals surface area contributed by atoms with Gasteiger partial charge in [0.15, 0.2) is 0 Å². The monoisotopic (exact) mass is 308 g/mol. The quantitative estimate of drug-likeness (QED) is 0.781. The van der Waals surface area contributed by atoms with Gasteiger partial charge in [-0.1, -0.05) is 18.2 Å². The molecular formula is C19H24N4. The van der Waals surface area contributed by atoms with Crippen molar-refractivity contribution < 1.29 is 0 Å². The first-order chi connectivity index (χ1) is 11.4. The van der Waals surface area contributed by atoms with E-state index in [0.717, 1.165) is 6.54 Å². The predicted molar refractivity (Wildman–Crippen MR) is 93.6 cm³/mol. The molecule has 0 amide bonds. The van der Waals surface area contributed by atoms with Crippen LogP contribution in [0.4, 0.5) is 0 Å². The third-order valence-corrected chi connectivity index (χ3v) is 5.10. The summed E-state index contributed by atoms with van der Waals surface area (Å²) in [4.78, 5) is 10.1. The van der Waals surface area contributed by atoms with Gasteiger partial charge in [0.25, 0.3) is 0 Å². The number of imidazole rings is 1. The van der Waals surface area contributed by atoms with Crippen molar-refractivity contribution in [2.75, 3.05) is 19.6 Å². The van der Waals surface area contributed by atoms with Gasteiger partial charge in [0, 0.05) is 36.0 Å². The molecule has 1 fully saturated rings. The average molecular weight is 308 g/mol. The fourth-order valence-electron chi connectivity index (χ4n) is 3.80. The van der Waals surface area contributed by atoms with Crippen LogP contribution in [0.2, 0.25) is 0 Å². The van der Waals surface area contributed by atoms with Gasteiger partial charge in [0.05, 0.1) is 6.33 Å². The molecule has 1 aliphatic rings. The number of aromatic nitrogens is 3. The van der Waals surface area contributed by atoms with Crippen LogP contribution in [-0.2, 0) is 6.54 Å². The first kappa shape index (κ1) is 14.5. The molecule has 23 heavy (non-hydrogen) atoms. The number of nitrogens with zero attached hydrogens (tertiary/aromatic N) is 3. The summed E-state index contributed by atoms with van der Waals surface area (Å²) < 4.78 is 2.17. The number of piperidine rings is 1. The number of benzene rings is 1. The van der Waals surface area contributed by atoms with Crippen molar-refractivity contribution in [2.45, 2.75) is 31.7 Å². The van der Waals surface area contributed by atoms with E-state index in [0.29, 0.717) is 5.92 Å². The number of hydrogen-bond donors (Lipinski definition) is 1. The molecule has 0 atom stereocenters. The Labute approximate surface area is 137 Å². The zero-order chi connectivity index (χ0) is 15.5. The van der Waals surface area contributed by atoms with Gasteiger partial charge in [-0.3, -0.25) is 0 Å². The molecular weight excluding hydrogens is 284 g/mol. The van der Waals surface area contributed by atoms with Gasteiger partial charge < -0.3 is 14.5 Å². The van der Waals surface area contributed by atoms with Gasteiger partial charge in [0.2, 0.25) is 0 Å². The molecule has 4 heteroatoms. The zero-order valence-corrected chi connectivity index (χ0v) is 13.5. The first-order valence-electron chi connectivity index (χ1n) is 8.64. The van der Waals surface area contributed by atoms with Gasteiger partial charge in [-0.2, -0.15) is 0 Å². The van der Waals surface area contributed by atoms with Crippen molar-refractivity contribution in [3.63, 3.8) is 0 Å². The molecule has 3 aromatic rings. The maximum Gasteiger partial charge on any atom is 0.0945 e. The Hall–Kier alpha value is -2.07. The van der Waals surface area contributed by atoms with Crippen LogP contribution >= 0.6 is 0 Å². The molecule has 120 valence electrons. The Balaban J connectivity index is 1.30. The molecule has 1 aliphatic heterocycles. The third-order valence-electron chi connectivity index (χ3n) is 5.10. The lowest BCUT2D eigenvalue weighted by Gasteiger charge is -2.32. The highest BCUT2D eigenvalue weighted by Gasteiger charge is 2.22. The minimum atomic E-state index is 0.705. The molecule has 0 spiro atoms. The molecule has 0 aliphatic carbocycles. The second-order valence-electron chi connectivity index (χ2n) is 6.56. The van der Waals surface area contributed by atoms with Gasteiger partial charge in [-0.05, 0) is 56.4 Å². The first-order valence-corrected chi connectivity index (χ1v) is 8.64. The Bertz CT molecular complexity index is 736. The molecule has 4 nitrogen and oxygen atoms in total. The predicted octanol–water partition coefficient (Wildman–Crippen LogP) is 3.63. The highest BCUT2D eigenvalue weighted by atomic mass is 15.1. The summed E-state index contributed by atoms with van der Waals surface area (Å²) in [6.07, 6.45) is 11.8. The zero-order valence-electron chi connectivity index (χ0n) is 13.5. The number of nitrogens with one attached hydrogen (secondary N) is 1. The van der Waals surface area contributed by atoms with Crippen LogP contribution in [-0.4, -0.2) is 39.1 Å². The highest BCUT2D eigenvalue weighted by Crippen LogP contribution is 2.33. The fourth-order valence-corrected chi connectivity index (χ4v) is 3.80. The Morgan fingerprint density at radius 1 is 1.13 bits per heavy atom.